The van der Waals surface area contributed by atoms with Crippen molar-refractivity contribution in [3.05, 3.63) is 0 Å². The number of aliphatic carboxylic acids is 1. The van der Waals surface area contributed by atoms with E-state index in [1.807, 2.05) is 6.92 Å². The smallest absolute Gasteiger partial charge is 0.410 e. The van der Waals surface area contributed by atoms with Gasteiger partial charge in [0.05, 0.1) is 0 Å². The molecule has 1 N–H and O–H groups in total. The lowest BCUT2D eigenvalue weighted by molar-refractivity contribution is -0.144. The van der Waals surface area contributed by atoms with Gasteiger partial charge in [-0.25, -0.2) is 9.59 Å². The molecule has 100 valence electrons. The molecule has 1 amide bonds. The molecule has 0 aliphatic carbocycles. The highest BCUT2D eigenvalue weighted by Gasteiger charge is 2.33. The largest absolute Gasteiger partial charge is 0.480 e. The highest BCUT2D eigenvalue weighted by Crippen LogP contribution is 2.17. The Hall–Kier alpha value is -1.26. The topological polar surface area (TPSA) is 66.8 Å². The summed E-state index contributed by atoms with van der Waals surface area (Å²) in [6.07, 6.45) is 0.0783. The van der Waals surface area contributed by atoms with Crippen LogP contribution in [0, 0.1) is 5.92 Å². The van der Waals surface area contributed by atoms with E-state index in [1.54, 1.807) is 27.7 Å². The van der Waals surface area contributed by atoms with Gasteiger partial charge < -0.3 is 9.84 Å². The summed E-state index contributed by atoms with van der Waals surface area (Å²) in [5.41, 5.74) is -0.621. The van der Waals surface area contributed by atoms with Gasteiger partial charge in [-0.05, 0) is 26.7 Å². The molecule has 0 aromatic heterocycles. The fourth-order valence-electron chi connectivity index (χ4n) is 1.46. The monoisotopic (exact) mass is 245 g/mol. The van der Waals surface area contributed by atoms with Crippen molar-refractivity contribution in [1.82, 2.24) is 4.90 Å². The molecule has 0 bridgehead atoms. The Kier molecular flexibility index (Phi) is 5.45. The molecule has 0 aliphatic heterocycles. The normalized spacial score (nSPS) is 14.9. The highest BCUT2D eigenvalue weighted by molar-refractivity contribution is 5.80. The standard InChI is InChI=1S/C12H23NO4/c1-7-8(2)9(10(14)15)13(6)11(16)17-12(3,4)5/h8-9H,7H2,1-6H3,(H,14,15)/t8-,9-/m1/s1. The quantitative estimate of drug-likeness (QED) is 0.825. The Morgan fingerprint density at radius 2 is 1.82 bits per heavy atom. The third-order valence-corrected chi connectivity index (χ3v) is 2.53. The van der Waals surface area contributed by atoms with Crippen LogP contribution in [0.1, 0.15) is 41.0 Å². The van der Waals surface area contributed by atoms with Crippen molar-refractivity contribution in [3.8, 4) is 0 Å². The summed E-state index contributed by atoms with van der Waals surface area (Å²) in [6, 6.07) is -0.852. The lowest BCUT2D eigenvalue weighted by atomic mass is 9.98. The molecule has 2 atom stereocenters. The fourth-order valence-corrected chi connectivity index (χ4v) is 1.46. The number of carbonyl (C=O) groups excluding carboxylic acids is 1. The van der Waals surface area contributed by atoms with Crippen LogP contribution in [-0.4, -0.2) is 40.8 Å². The molecule has 0 fully saturated rings. The number of carboxylic acid groups (broad SMARTS) is 1. The summed E-state index contributed by atoms with van der Waals surface area (Å²) in [6.45, 7) is 8.94. The third kappa shape index (κ3) is 5.06. The average molecular weight is 245 g/mol. The number of nitrogens with zero attached hydrogens (tertiary/aromatic N) is 1. The van der Waals surface area contributed by atoms with Crippen LogP contribution in [0.5, 0.6) is 0 Å². The Balaban J connectivity index is 4.79. The van der Waals surface area contributed by atoms with E-state index in [-0.39, 0.29) is 5.92 Å². The van der Waals surface area contributed by atoms with E-state index >= 15 is 0 Å². The van der Waals surface area contributed by atoms with E-state index in [0.717, 1.165) is 4.90 Å². The zero-order chi connectivity index (χ0) is 13.8. The summed E-state index contributed by atoms with van der Waals surface area (Å²) in [4.78, 5) is 24.1. The molecule has 0 spiro atoms. The molecule has 0 aromatic carbocycles. The van der Waals surface area contributed by atoms with Crippen LogP contribution in [0.15, 0.2) is 0 Å². The molecule has 0 aliphatic rings. The minimum Gasteiger partial charge on any atom is -0.480 e. The molecule has 5 heteroatoms. The van der Waals surface area contributed by atoms with E-state index in [4.69, 9.17) is 9.84 Å². The molecule has 0 saturated carbocycles. The average Bonchev–Trinajstić information content (AvgIpc) is 2.14. The van der Waals surface area contributed by atoms with E-state index in [9.17, 15) is 9.59 Å². The molecule has 0 unspecified atom stereocenters. The van der Waals surface area contributed by atoms with Crippen LogP contribution < -0.4 is 0 Å². The van der Waals surface area contributed by atoms with Gasteiger partial charge in [-0.1, -0.05) is 20.3 Å². The molecular formula is C12H23NO4. The van der Waals surface area contributed by atoms with Crippen molar-refractivity contribution >= 4 is 12.1 Å². The number of ether oxygens (including phenoxy) is 1. The minimum atomic E-state index is -1.01. The van der Waals surface area contributed by atoms with E-state index in [1.165, 1.54) is 7.05 Å². The van der Waals surface area contributed by atoms with Crippen LogP contribution in [0.2, 0.25) is 0 Å². The lowest BCUT2D eigenvalue weighted by Gasteiger charge is -2.31. The minimum absolute atomic E-state index is 0.120. The number of likely N-dealkylation sites (N-methyl/N-ethyl adjacent to an activating group) is 1. The van der Waals surface area contributed by atoms with Gasteiger partial charge in [0, 0.05) is 7.05 Å². The van der Waals surface area contributed by atoms with Crippen molar-refractivity contribution in [1.29, 1.82) is 0 Å². The van der Waals surface area contributed by atoms with Crippen LogP contribution in [0.4, 0.5) is 4.79 Å². The van der Waals surface area contributed by atoms with Gasteiger partial charge in [-0.15, -0.1) is 0 Å². The van der Waals surface area contributed by atoms with Gasteiger partial charge in [0.2, 0.25) is 0 Å². The van der Waals surface area contributed by atoms with Gasteiger partial charge in [-0.3, -0.25) is 4.90 Å². The molecule has 0 rings (SSSR count). The van der Waals surface area contributed by atoms with Crippen LogP contribution >= 0.6 is 0 Å². The van der Waals surface area contributed by atoms with Crippen LogP contribution in [0.25, 0.3) is 0 Å². The zero-order valence-electron chi connectivity index (χ0n) is 11.5. The first kappa shape index (κ1) is 15.7. The number of rotatable bonds is 4. The summed E-state index contributed by atoms with van der Waals surface area (Å²) in [7, 11) is 1.46. The Bertz CT molecular complexity index is 283. The van der Waals surface area contributed by atoms with Crippen LogP contribution in [0.3, 0.4) is 0 Å². The Morgan fingerprint density at radius 3 is 2.12 bits per heavy atom. The maximum Gasteiger partial charge on any atom is 0.410 e. The maximum atomic E-state index is 11.8. The molecule has 5 nitrogen and oxygen atoms in total. The second kappa shape index (κ2) is 5.89. The molecule has 0 aromatic rings. The first-order chi connectivity index (χ1) is 7.60. The Morgan fingerprint density at radius 1 is 1.35 bits per heavy atom. The van der Waals surface area contributed by atoms with Gasteiger partial charge in [0.15, 0.2) is 0 Å². The van der Waals surface area contributed by atoms with Gasteiger partial charge in [-0.2, -0.15) is 0 Å². The number of carbonyl (C=O) groups is 2. The summed E-state index contributed by atoms with van der Waals surface area (Å²) in [5, 5.41) is 9.14. The van der Waals surface area contributed by atoms with Crippen molar-refractivity contribution < 1.29 is 19.4 Å². The van der Waals surface area contributed by atoms with E-state index < -0.39 is 23.7 Å². The number of carboxylic acids is 1. The van der Waals surface area contributed by atoms with Crippen molar-refractivity contribution in [2.75, 3.05) is 7.05 Å². The van der Waals surface area contributed by atoms with Gasteiger partial charge in [0.1, 0.15) is 11.6 Å². The molecule has 0 saturated heterocycles. The Labute approximate surface area is 103 Å². The number of hydrogen-bond acceptors (Lipinski definition) is 3. The summed E-state index contributed by atoms with van der Waals surface area (Å²) < 4.78 is 5.15. The van der Waals surface area contributed by atoms with Gasteiger partial charge in [0.25, 0.3) is 0 Å². The highest BCUT2D eigenvalue weighted by atomic mass is 16.6. The van der Waals surface area contributed by atoms with E-state index in [2.05, 4.69) is 0 Å². The first-order valence-corrected chi connectivity index (χ1v) is 5.78. The van der Waals surface area contributed by atoms with Gasteiger partial charge >= 0.3 is 12.1 Å². The number of amides is 1. The van der Waals surface area contributed by atoms with E-state index in [0.29, 0.717) is 6.42 Å². The van der Waals surface area contributed by atoms with Crippen molar-refractivity contribution in [2.24, 2.45) is 5.92 Å². The first-order valence-electron chi connectivity index (χ1n) is 5.78. The van der Waals surface area contributed by atoms with Crippen molar-refractivity contribution in [3.63, 3.8) is 0 Å². The third-order valence-electron chi connectivity index (χ3n) is 2.53. The summed E-state index contributed by atoms with van der Waals surface area (Å²) in [5.74, 6) is -1.13. The molecular weight excluding hydrogens is 222 g/mol. The maximum absolute atomic E-state index is 11.8. The SMILES string of the molecule is CC[C@@H](C)[C@H](C(=O)O)N(C)C(=O)OC(C)(C)C. The molecule has 0 radical (unpaired) electrons. The second-order valence-corrected chi connectivity index (χ2v) is 5.26. The second-order valence-electron chi connectivity index (χ2n) is 5.26. The summed E-state index contributed by atoms with van der Waals surface area (Å²) >= 11 is 0. The fraction of sp³-hybridized carbons (Fsp3) is 0.833. The predicted octanol–water partition coefficient (Wildman–Crippen LogP) is 2.35. The zero-order valence-corrected chi connectivity index (χ0v) is 11.5. The number of hydrogen-bond donors (Lipinski definition) is 1. The van der Waals surface area contributed by atoms with Crippen LogP contribution in [-0.2, 0) is 9.53 Å². The molecule has 17 heavy (non-hydrogen) atoms. The molecule has 0 heterocycles. The predicted molar refractivity (Wildman–Crippen MR) is 64.9 cm³/mol. The van der Waals surface area contributed by atoms with Crippen molar-refractivity contribution in [2.45, 2.75) is 52.7 Å². The lowest BCUT2D eigenvalue weighted by Crippen LogP contribution is -2.48.